The molecule has 1 aromatic carbocycles. The fraction of sp³-hybridized carbons (Fsp3) is 0.412. The third kappa shape index (κ3) is 4.34. The van der Waals surface area contributed by atoms with Gasteiger partial charge in [-0.25, -0.2) is 9.69 Å². The maximum atomic E-state index is 12.4. The van der Waals surface area contributed by atoms with Gasteiger partial charge in [-0.15, -0.1) is 0 Å². The SMILES string of the molecule is COC(=O)CNC(=O)C[C@H]1NC(=O)N(c2ccc(C(C)C)cc2)C1=O. The van der Waals surface area contributed by atoms with E-state index in [9.17, 15) is 19.2 Å². The van der Waals surface area contributed by atoms with Gasteiger partial charge in [0.1, 0.15) is 12.6 Å². The van der Waals surface area contributed by atoms with E-state index in [0.717, 1.165) is 10.5 Å². The smallest absolute Gasteiger partial charge is 0.329 e. The molecule has 1 saturated heterocycles. The molecule has 0 saturated carbocycles. The first-order chi connectivity index (χ1) is 11.8. The molecule has 1 heterocycles. The van der Waals surface area contributed by atoms with E-state index in [0.29, 0.717) is 11.6 Å². The summed E-state index contributed by atoms with van der Waals surface area (Å²) in [5.74, 6) is -1.29. The lowest BCUT2D eigenvalue weighted by atomic mass is 10.0. The van der Waals surface area contributed by atoms with Gasteiger partial charge in [-0.3, -0.25) is 14.4 Å². The van der Waals surface area contributed by atoms with Crippen molar-refractivity contribution in [1.29, 1.82) is 0 Å². The Bertz CT molecular complexity index is 684. The quantitative estimate of drug-likeness (QED) is 0.588. The fourth-order valence-corrected chi connectivity index (χ4v) is 2.42. The van der Waals surface area contributed by atoms with Gasteiger partial charge < -0.3 is 15.4 Å². The average molecular weight is 347 g/mol. The maximum absolute atomic E-state index is 12.4. The molecule has 8 heteroatoms. The Labute approximate surface area is 145 Å². The second kappa shape index (κ2) is 7.78. The number of rotatable bonds is 6. The summed E-state index contributed by atoms with van der Waals surface area (Å²) >= 11 is 0. The van der Waals surface area contributed by atoms with E-state index < -0.39 is 29.9 Å². The zero-order valence-corrected chi connectivity index (χ0v) is 14.4. The zero-order chi connectivity index (χ0) is 18.6. The van der Waals surface area contributed by atoms with Gasteiger partial charge in [-0.2, -0.15) is 0 Å². The van der Waals surface area contributed by atoms with Gasteiger partial charge in [-0.1, -0.05) is 26.0 Å². The molecule has 25 heavy (non-hydrogen) atoms. The number of ether oxygens (including phenoxy) is 1. The molecule has 1 atom stereocenters. The molecule has 8 nitrogen and oxygen atoms in total. The van der Waals surface area contributed by atoms with Crippen LogP contribution in [0.5, 0.6) is 0 Å². The number of nitrogens with one attached hydrogen (secondary N) is 2. The summed E-state index contributed by atoms with van der Waals surface area (Å²) in [4.78, 5) is 48.3. The summed E-state index contributed by atoms with van der Waals surface area (Å²) in [6.45, 7) is 3.81. The van der Waals surface area contributed by atoms with Gasteiger partial charge in [-0.05, 0) is 23.6 Å². The van der Waals surface area contributed by atoms with E-state index in [1.54, 1.807) is 12.1 Å². The number of esters is 1. The average Bonchev–Trinajstić information content (AvgIpc) is 2.86. The lowest BCUT2D eigenvalue weighted by molar-refractivity contribution is -0.141. The maximum Gasteiger partial charge on any atom is 0.329 e. The summed E-state index contributed by atoms with van der Waals surface area (Å²) < 4.78 is 4.41. The fourth-order valence-electron chi connectivity index (χ4n) is 2.42. The molecule has 0 spiro atoms. The Kier molecular flexibility index (Phi) is 5.74. The molecule has 0 bridgehead atoms. The third-order valence-electron chi connectivity index (χ3n) is 3.88. The minimum absolute atomic E-state index is 0.248. The highest BCUT2D eigenvalue weighted by Crippen LogP contribution is 2.23. The van der Waals surface area contributed by atoms with Crippen LogP contribution in [0.1, 0.15) is 31.7 Å². The molecule has 1 aromatic rings. The molecule has 0 radical (unpaired) electrons. The van der Waals surface area contributed by atoms with Crippen LogP contribution in [-0.2, 0) is 19.1 Å². The molecular weight excluding hydrogens is 326 g/mol. The van der Waals surface area contributed by atoms with Gasteiger partial charge in [0.05, 0.1) is 19.2 Å². The summed E-state index contributed by atoms with van der Waals surface area (Å²) in [5.41, 5.74) is 1.54. The molecule has 0 aromatic heterocycles. The van der Waals surface area contributed by atoms with Crippen LogP contribution in [-0.4, -0.2) is 43.5 Å². The van der Waals surface area contributed by atoms with Crippen molar-refractivity contribution in [2.75, 3.05) is 18.6 Å². The number of hydrogen-bond acceptors (Lipinski definition) is 5. The number of nitrogens with zero attached hydrogens (tertiary/aromatic N) is 1. The highest BCUT2D eigenvalue weighted by molar-refractivity contribution is 6.22. The van der Waals surface area contributed by atoms with Crippen LogP contribution in [0, 0.1) is 0 Å². The molecule has 2 N–H and O–H groups in total. The van der Waals surface area contributed by atoms with Gasteiger partial charge in [0.15, 0.2) is 0 Å². The molecule has 1 fully saturated rings. The predicted molar refractivity (Wildman–Crippen MR) is 90.0 cm³/mol. The number of benzene rings is 1. The molecule has 1 aliphatic heterocycles. The number of amides is 4. The minimum atomic E-state index is -0.963. The largest absolute Gasteiger partial charge is 0.468 e. The van der Waals surface area contributed by atoms with E-state index in [4.69, 9.17) is 0 Å². The Balaban J connectivity index is 2.01. The van der Waals surface area contributed by atoms with Crippen molar-refractivity contribution in [2.24, 2.45) is 0 Å². The topological polar surface area (TPSA) is 105 Å². The highest BCUT2D eigenvalue weighted by atomic mass is 16.5. The zero-order valence-electron chi connectivity index (χ0n) is 14.4. The van der Waals surface area contributed by atoms with Gasteiger partial charge >= 0.3 is 12.0 Å². The summed E-state index contributed by atoms with van der Waals surface area (Å²) in [5, 5.41) is 4.82. The number of anilines is 1. The monoisotopic (exact) mass is 347 g/mol. The van der Waals surface area contributed by atoms with Crippen molar-refractivity contribution in [1.82, 2.24) is 10.6 Å². The van der Waals surface area contributed by atoms with E-state index in [1.807, 2.05) is 26.0 Å². The van der Waals surface area contributed by atoms with Crippen molar-refractivity contribution < 1.29 is 23.9 Å². The van der Waals surface area contributed by atoms with E-state index in [-0.39, 0.29) is 13.0 Å². The number of hydrogen-bond donors (Lipinski definition) is 2. The minimum Gasteiger partial charge on any atom is -0.468 e. The Hall–Kier alpha value is -2.90. The molecule has 4 amide bonds. The predicted octanol–water partition coefficient (Wildman–Crippen LogP) is 0.914. The first kappa shape index (κ1) is 18.4. The number of carbonyl (C=O) groups is 4. The first-order valence-electron chi connectivity index (χ1n) is 7.91. The second-order valence-corrected chi connectivity index (χ2v) is 5.98. The normalized spacial score (nSPS) is 16.8. The Morgan fingerprint density at radius 1 is 1.24 bits per heavy atom. The number of urea groups is 1. The highest BCUT2D eigenvalue weighted by Gasteiger charge is 2.40. The summed E-state index contributed by atoms with van der Waals surface area (Å²) in [6, 6.07) is 5.58. The van der Waals surface area contributed by atoms with Crippen LogP contribution in [0.4, 0.5) is 10.5 Å². The van der Waals surface area contributed by atoms with Gasteiger partial charge in [0.2, 0.25) is 5.91 Å². The second-order valence-electron chi connectivity index (χ2n) is 5.98. The van der Waals surface area contributed by atoms with E-state index >= 15 is 0 Å². The molecule has 134 valence electrons. The molecule has 0 unspecified atom stereocenters. The Morgan fingerprint density at radius 2 is 1.88 bits per heavy atom. The lowest BCUT2D eigenvalue weighted by Gasteiger charge is -2.14. The number of carbonyl (C=O) groups excluding carboxylic acids is 4. The van der Waals surface area contributed by atoms with Gasteiger partial charge in [0.25, 0.3) is 5.91 Å². The Morgan fingerprint density at radius 3 is 2.44 bits per heavy atom. The third-order valence-corrected chi connectivity index (χ3v) is 3.88. The first-order valence-corrected chi connectivity index (χ1v) is 7.91. The van der Waals surface area contributed by atoms with Crippen LogP contribution < -0.4 is 15.5 Å². The van der Waals surface area contributed by atoms with Crippen molar-refractivity contribution in [3.05, 3.63) is 29.8 Å². The van der Waals surface area contributed by atoms with Crippen LogP contribution >= 0.6 is 0 Å². The number of methoxy groups -OCH3 is 1. The summed E-state index contributed by atoms with van der Waals surface area (Å²) in [7, 11) is 1.21. The molecule has 0 aliphatic carbocycles. The number of imide groups is 1. The molecular formula is C17H21N3O5. The molecule has 2 rings (SSSR count). The van der Waals surface area contributed by atoms with Crippen LogP contribution in [0.25, 0.3) is 0 Å². The van der Waals surface area contributed by atoms with Crippen LogP contribution in [0.3, 0.4) is 0 Å². The van der Waals surface area contributed by atoms with Crippen molar-refractivity contribution in [3.63, 3.8) is 0 Å². The van der Waals surface area contributed by atoms with Crippen molar-refractivity contribution in [3.8, 4) is 0 Å². The van der Waals surface area contributed by atoms with E-state index in [1.165, 1.54) is 7.11 Å². The standard InChI is InChI=1S/C17H21N3O5/c1-10(2)11-4-6-12(7-5-11)20-16(23)13(19-17(20)24)8-14(21)18-9-15(22)25-3/h4-7,10,13H,8-9H2,1-3H3,(H,18,21)(H,19,24)/t13-/m1/s1. The van der Waals surface area contributed by atoms with Gasteiger partial charge in [0, 0.05) is 0 Å². The van der Waals surface area contributed by atoms with Crippen molar-refractivity contribution in [2.45, 2.75) is 32.2 Å². The van der Waals surface area contributed by atoms with Crippen molar-refractivity contribution >= 4 is 29.5 Å². The molecule has 1 aliphatic rings. The van der Waals surface area contributed by atoms with E-state index in [2.05, 4.69) is 15.4 Å². The lowest BCUT2D eigenvalue weighted by Crippen LogP contribution is -2.38. The van der Waals surface area contributed by atoms with Crippen LogP contribution in [0.15, 0.2) is 24.3 Å². The van der Waals surface area contributed by atoms with Crippen LogP contribution in [0.2, 0.25) is 0 Å². The summed E-state index contributed by atoms with van der Waals surface area (Å²) in [6.07, 6.45) is -0.248.